The molecule has 2 aliphatic heterocycles. The van der Waals surface area contributed by atoms with E-state index >= 15 is 0 Å². The second kappa shape index (κ2) is 11.1. The van der Waals surface area contributed by atoms with Crippen LogP contribution in [0.15, 0.2) is 36.5 Å². The molecule has 5 aromatic rings. The maximum absolute atomic E-state index is 6.12. The molecule has 41 heavy (non-hydrogen) atoms. The van der Waals surface area contributed by atoms with Crippen molar-refractivity contribution in [3.05, 3.63) is 59.3 Å². The Morgan fingerprint density at radius 1 is 1.07 bits per heavy atom. The molecule has 212 valence electrons. The average Bonchev–Trinajstić information content (AvgIpc) is 3.62. The molecule has 1 unspecified atom stereocenters. The first kappa shape index (κ1) is 25.8. The zero-order valence-corrected chi connectivity index (χ0v) is 23.5. The van der Waals surface area contributed by atoms with E-state index in [0.717, 1.165) is 96.5 Å². The van der Waals surface area contributed by atoms with Gasteiger partial charge in [-0.25, -0.2) is 15.0 Å². The number of piperidine rings is 1. The first-order valence-electron chi connectivity index (χ1n) is 14.5. The number of rotatable bonds is 7. The van der Waals surface area contributed by atoms with Gasteiger partial charge in [0.15, 0.2) is 0 Å². The Labute approximate surface area is 238 Å². The second-order valence-electron chi connectivity index (χ2n) is 10.9. The van der Waals surface area contributed by atoms with Crippen LogP contribution in [-0.2, 0) is 15.9 Å². The predicted molar refractivity (Wildman–Crippen MR) is 158 cm³/mol. The van der Waals surface area contributed by atoms with Gasteiger partial charge in [0, 0.05) is 50.9 Å². The van der Waals surface area contributed by atoms with Crippen molar-refractivity contribution in [2.24, 2.45) is 0 Å². The molecule has 0 amide bonds. The lowest BCUT2D eigenvalue weighted by molar-refractivity contribution is 0.0131. The van der Waals surface area contributed by atoms with Gasteiger partial charge in [-0.15, -0.1) is 0 Å². The number of H-pyrrole nitrogens is 2. The van der Waals surface area contributed by atoms with Crippen molar-refractivity contribution in [1.82, 2.24) is 35.1 Å². The van der Waals surface area contributed by atoms with E-state index in [-0.39, 0.29) is 6.10 Å². The summed E-state index contributed by atoms with van der Waals surface area (Å²) in [5, 5.41) is 12.4. The van der Waals surface area contributed by atoms with Crippen LogP contribution >= 0.6 is 0 Å². The molecule has 1 aromatic carbocycles. The average molecular weight is 554 g/mol. The van der Waals surface area contributed by atoms with E-state index in [1.165, 1.54) is 0 Å². The van der Waals surface area contributed by atoms with Crippen molar-refractivity contribution in [3.8, 4) is 0 Å². The third-order valence-corrected chi connectivity index (χ3v) is 8.17. The van der Waals surface area contributed by atoms with Crippen molar-refractivity contribution >= 4 is 39.5 Å². The van der Waals surface area contributed by atoms with Gasteiger partial charge in [0.2, 0.25) is 5.95 Å². The highest BCUT2D eigenvalue weighted by Crippen LogP contribution is 2.34. The Morgan fingerprint density at radius 2 is 1.98 bits per heavy atom. The first-order chi connectivity index (χ1) is 20.1. The van der Waals surface area contributed by atoms with Gasteiger partial charge in [-0.05, 0) is 56.7 Å². The van der Waals surface area contributed by atoms with Crippen LogP contribution < -0.4 is 10.2 Å². The van der Waals surface area contributed by atoms with E-state index in [9.17, 15) is 0 Å². The van der Waals surface area contributed by atoms with Gasteiger partial charge in [-0.1, -0.05) is 12.1 Å². The van der Waals surface area contributed by atoms with E-state index in [4.69, 9.17) is 24.4 Å². The highest BCUT2D eigenvalue weighted by atomic mass is 16.5. The number of benzene rings is 1. The van der Waals surface area contributed by atoms with Gasteiger partial charge in [-0.2, -0.15) is 10.1 Å². The number of aromatic nitrogens is 7. The van der Waals surface area contributed by atoms with E-state index in [2.05, 4.69) is 42.5 Å². The summed E-state index contributed by atoms with van der Waals surface area (Å²) in [4.78, 5) is 24.8. The van der Waals surface area contributed by atoms with Crippen LogP contribution in [0, 0.1) is 6.92 Å². The molecule has 6 heterocycles. The third-order valence-electron chi connectivity index (χ3n) is 8.17. The molecule has 7 rings (SSSR count). The number of pyridine rings is 1. The summed E-state index contributed by atoms with van der Waals surface area (Å²) in [6.07, 6.45) is 7.94. The minimum Gasteiger partial charge on any atom is -0.381 e. The molecule has 0 aliphatic carbocycles. The molecule has 1 atom stereocenters. The largest absolute Gasteiger partial charge is 0.381 e. The van der Waals surface area contributed by atoms with Gasteiger partial charge in [0.05, 0.1) is 34.6 Å². The standard InChI is InChI=1S/C30H35N9O2/c1-18-32-23-17-26(35-25-9-12-31-30(36-25)39-13-10-20(40-2)11-14-39)34-22(28(23)33-18)16-19-6-5-7-21-27(19)29(38-37-21)24-8-3-4-15-41-24/h5-7,9,12,17,20,24H,3-4,8,10-11,13-16H2,1-2H3,(H,32,33)(H,37,38)(H,31,34,35,36). The normalized spacial score (nSPS) is 18.4. The number of methoxy groups -OCH3 is 1. The van der Waals surface area contributed by atoms with Crippen LogP contribution in [0.2, 0.25) is 0 Å². The Kier molecular flexibility index (Phi) is 6.97. The molecule has 2 fully saturated rings. The third kappa shape index (κ3) is 5.22. The van der Waals surface area contributed by atoms with E-state index in [1.54, 1.807) is 13.3 Å². The fourth-order valence-corrected chi connectivity index (χ4v) is 6.08. The lowest BCUT2D eigenvalue weighted by Crippen LogP contribution is -2.37. The summed E-state index contributed by atoms with van der Waals surface area (Å²) < 4.78 is 11.6. The molecular formula is C30H35N9O2. The van der Waals surface area contributed by atoms with Crippen LogP contribution in [0.5, 0.6) is 0 Å². The smallest absolute Gasteiger partial charge is 0.227 e. The SMILES string of the molecule is COC1CCN(c2nccc(Nc3cc4[nH]c(C)nc4c(Cc4cccc5n[nH]c(C6CCCCO6)c45)n3)n2)CC1. The van der Waals surface area contributed by atoms with Crippen molar-refractivity contribution < 1.29 is 9.47 Å². The van der Waals surface area contributed by atoms with Crippen molar-refractivity contribution in [2.45, 2.75) is 57.7 Å². The Balaban J connectivity index is 1.20. The summed E-state index contributed by atoms with van der Waals surface area (Å²) >= 11 is 0. The number of nitrogens with zero attached hydrogens (tertiary/aromatic N) is 6. The molecule has 2 aliphatic rings. The lowest BCUT2D eigenvalue weighted by atomic mass is 9.98. The van der Waals surface area contributed by atoms with Crippen molar-refractivity contribution in [2.75, 3.05) is 37.0 Å². The summed E-state index contributed by atoms with van der Waals surface area (Å²) in [5.74, 6) is 2.97. The summed E-state index contributed by atoms with van der Waals surface area (Å²) in [7, 11) is 1.78. The number of aryl methyl sites for hydroxylation is 1. The van der Waals surface area contributed by atoms with Crippen LogP contribution in [0.1, 0.15) is 61.0 Å². The first-order valence-corrected chi connectivity index (χ1v) is 14.5. The van der Waals surface area contributed by atoms with Gasteiger partial charge < -0.3 is 24.7 Å². The van der Waals surface area contributed by atoms with E-state index in [1.807, 2.05) is 25.1 Å². The van der Waals surface area contributed by atoms with Crippen LogP contribution in [0.3, 0.4) is 0 Å². The number of hydrogen-bond acceptors (Lipinski definition) is 9. The van der Waals surface area contributed by atoms with Gasteiger partial charge >= 0.3 is 0 Å². The number of ether oxygens (including phenoxy) is 2. The van der Waals surface area contributed by atoms with Gasteiger partial charge in [0.25, 0.3) is 0 Å². The number of anilines is 3. The Bertz CT molecular complexity index is 1670. The summed E-state index contributed by atoms with van der Waals surface area (Å²) in [5.41, 5.74) is 5.83. The Morgan fingerprint density at radius 3 is 2.80 bits per heavy atom. The number of nitrogens with one attached hydrogen (secondary N) is 3. The summed E-state index contributed by atoms with van der Waals surface area (Å²) in [6.45, 7) is 4.50. The molecule has 4 aromatic heterocycles. The molecular weight excluding hydrogens is 518 g/mol. The quantitative estimate of drug-likeness (QED) is 0.251. The fraction of sp³-hybridized carbons (Fsp3) is 0.433. The molecule has 0 saturated carbocycles. The molecule has 2 saturated heterocycles. The van der Waals surface area contributed by atoms with Crippen molar-refractivity contribution in [1.29, 1.82) is 0 Å². The molecule has 11 nitrogen and oxygen atoms in total. The number of hydrogen-bond donors (Lipinski definition) is 3. The lowest BCUT2D eigenvalue weighted by Gasteiger charge is -2.31. The minimum absolute atomic E-state index is 0.0377. The van der Waals surface area contributed by atoms with Crippen molar-refractivity contribution in [3.63, 3.8) is 0 Å². The predicted octanol–water partition coefficient (Wildman–Crippen LogP) is 5.12. The number of fused-ring (bicyclic) bond motifs is 2. The molecule has 11 heteroatoms. The molecule has 3 N–H and O–H groups in total. The number of imidazole rings is 1. The number of aromatic amines is 2. The maximum atomic E-state index is 6.12. The van der Waals surface area contributed by atoms with E-state index in [0.29, 0.717) is 30.1 Å². The zero-order valence-electron chi connectivity index (χ0n) is 23.5. The fourth-order valence-electron chi connectivity index (χ4n) is 6.08. The van der Waals surface area contributed by atoms with Crippen LogP contribution in [-0.4, -0.2) is 68.0 Å². The highest BCUT2D eigenvalue weighted by Gasteiger charge is 2.24. The minimum atomic E-state index is 0.0377. The monoisotopic (exact) mass is 553 g/mol. The Hall–Kier alpha value is -4.09. The molecule has 0 bridgehead atoms. The van der Waals surface area contributed by atoms with Crippen LogP contribution in [0.4, 0.5) is 17.6 Å². The molecule has 0 radical (unpaired) electrons. The van der Waals surface area contributed by atoms with E-state index < -0.39 is 0 Å². The maximum Gasteiger partial charge on any atom is 0.227 e. The second-order valence-corrected chi connectivity index (χ2v) is 10.9. The molecule has 0 spiro atoms. The van der Waals surface area contributed by atoms with Crippen LogP contribution in [0.25, 0.3) is 21.9 Å². The summed E-state index contributed by atoms with van der Waals surface area (Å²) in [6, 6.07) is 10.1. The topological polar surface area (TPSA) is 130 Å². The highest BCUT2D eigenvalue weighted by molar-refractivity contribution is 5.87. The zero-order chi connectivity index (χ0) is 27.8. The van der Waals surface area contributed by atoms with Gasteiger partial charge in [0.1, 0.15) is 23.0 Å². The van der Waals surface area contributed by atoms with Gasteiger partial charge in [-0.3, -0.25) is 5.10 Å².